The van der Waals surface area contributed by atoms with Crippen LogP contribution in [0.2, 0.25) is 0 Å². The number of anilines is 1. The molecule has 1 N–H and O–H groups in total. The molecule has 4 heteroatoms. The quantitative estimate of drug-likeness (QED) is 0.661. The van der Waals surface area contributed by atoms with E-state index in [9.17, 15) is 0 Å². The van der Waals surface area contributed by atoms with Crippen molar-refractivity contribution in [3.8, 4) is 0 Å². The van der Waals surface area contributed by atoms with Crippen LogP contribution in [0.3, 0.4) is 0 Å². The predicted molar refractivity (Wildman–Crippen MR) is 86.3 cm³/mol. The highest BCUT2D eigenvalue weighted by atomic mass is 32.1. The van der Waals surface area contributed by atoms with Crippen LogP contribution in [-0.4, -0.2) is 25.1 Å². The Morgan fingerprint density at radius 1 is 1.16 bits per heavy atom. The molecular formula is C15H29N3S. The van der Waals surface area contributed by atoms with Crippen molar-refractivity contribution in [2.24, 2.45) is 0 Å². The first-order valence-corrected chi connectivity index (χ1v) is 8.44. The summed E-state index contributed by atoms with van der Waals surface area (Å²) in [6.07, 6.45) is 6.06. The molecule has 19 heavy (non-hydrogen) atoms. The average molecular weight is 283 g/mol. The Labute approximate surface area is 122 Å². The molecule has 0 unspecified atom stereocenters. The van der Waals surface area contributed by atoms with Crippen LogP contribution in [0.5, 0.6) is 0 Å². The Kier molecular flexibility index (Phi) is 8.07. The van der Waals surface area contributed by atoms with Gasteiger partial charge in [-0.15, -0.1) is 11.3 Å². The van der Waals surface area contributed by atoms with E-state index >= 15 is 0 Å². The summed E-state index contributed by atoms with van der Waals surface area (Å²) in [6, 6.07) is 0. The van der Waals surface area contributed by atoms with E-state index in [1.54, 1.807) is 0 Å². The largest absolute Gasteiger partial charge is 0.351 e. The minimum absolute atomic E-state index is 0.970. The Balaban J connectivity index is 2.58. The molecule has 0 saturated carbocycles. The molecule has 1 aromatic rings. The zero-order valence-electron chi connectivity index (χ0n) is 13.0. The smallest absolute Gasteiger partial charge is 0.185 e. The molecule has 110 valence electrons. The molecule has 0 aromatic carbocycles. The van der Waals surface area contributed by atoms with Gasteiger partial charge in [0, 0.05) is 25.0 Å². The second-order valence-corrected chi connectivity index (χ2v) is 6.09. The van der Waals surface area contributed by atoms with E-state index in [0.717, 1.165) is 26.1 Å². The van der Waals surface area contributed by atoms with E-state index in [4.69, 9.17) is 4.98 Å². The minimum Gasteiger partial charge on any atom is -0.351 e. The summed E-state index contributed by atoms with van der Waals surface area (Å²) in [4.78, 5) is 8.51. The van der Waals surface area contributed by atoms with Crippen LogP contribution < -0.4 is 10.2 Å². The highest BCUT2D eigenvalue weighted by molar-refractivity contribution is 7.15. The lowest BCUT2D eigenvalue weighted by atomic mass is 10.2. The zero-order valence-corrected chi connectivity index (χ0v) is 13.8. The molecule has 0 aliphatic carbocycles. The fraction of sp³-hybridized carbons (Fsp3) is 0.800. The highest BCUT2D eigenvalue weighted by Gasteiger charge is 2.12. The third-order valence-corrected chi connectivity index (χ3v) is 4.45. The number of aromatic nitrogens is 1. The van der Waals surface area contributed by atoms with Crippen LogP contribution in [0.15, 0.2) is 0 Å². The number of nitrogens with one attached hydrogen (secondary N) is 1. The van der Waals surface area contributed by atoms with E-state index in [-0.39, 0.29) is 0 Å². The summed E-state index contributed by atoms with van der Waals surface area (Å²) in [7, 11) is 2.16. The van der Waals surface area contributed by atoms with Crippen molar-refractivity contribution in [1.82, 2.24) is 10.3 Å². The molecule has 3 nitrogen and oxygen atoms in total. The van der Waals surface area contributed by atoms with Crippen molar-refractivity contribution in [2.45, 2.75) is 59.4 Å². The fourth-order valence-electron chi connectivity index (χ4n) is 2.02. The molecule has 0 radical (unpaired) electrons. The third-order valence-electron chi connectivity index (χ3n) is 3.24. The van der Waals surface area contributed by atoms with E-state index in [0.29, 0.717) is 0 Å². The molecule has 0 spiro atoms. The molecule has 1 heterocycles. The van der Waals surface area contributed by atoms with Gasteiger partial charge in [0.15, 0.2) is 5.13 Å². The third kappa shape index (κ3) is 5.49. The van der Waals surface area contributed by atoms with Crippen molar-refractivity contribution in [3.05, 3.63) is 10.6 Å². The van der Waals surface area contributed by atoms with E-state index in [1.165, 1.54) is 41.4 Å². The number of nitrogens with zero attached hydrogens (tertiary/aromatic N) is 2. The number of hydrogen-bond donors (Lipinski definition) is 1. The number of thiazole rings is 1. The van der Waals surface area contributed by atoms with Gasteiger partial charge in [-0.3, -0.25) is 0 Å². The Bertz CT molecular complexity index is 349. The van der Waals surface area contributed by atoms with Gasteiger partial charge in [0.2, 0.25) is 0 Å². The SMILES string of the molecule is CCCCCN(C)c1nc(CC)c(CNCCC)s1. The van der Waals surface area contributed by atoms with Crippen LogP contribution in [0.1, 0.15) is 57.0 Å². The molecule has 0 bridgehead atoms. The van der Waals surface area contributed by atoms with Gasteiger partial charge < -0.3 is 10.2 Å². The number of rotatable bonds is 10. The van der Waals surface area contributed by atoms with E-state index < -0.39 is 0 Å². The number of aryl methyl sites for hydroxylation is 1. The molecule has 0 aliphatic rings. The fourth-order valence-corrected chi connectivity index (χ4v) is 3.13. The van der Waals surface area contributed by atoms with Crippen molar-refractivity contribution in [1.29, 1.82) is 0 Å². The molecule has 0 aliphatic heterocycles. The first-order chi connectivity index (χ1) is 9.22. The second-order valence-electron chi connectivity index (χ2n) is 5.03. The van der Waals surface area contributed by atoms with Gasteiger partial charge in [0.1, 0.15) is 0 Å². The summed E-state index contributed by atoms with van der Waals surface area (Å²) < 4.78 is 0. The maximum absolute atomic E-state index is 4.79. The van der Waals surface area contributed by atoms with E-state index in [2.05, 4.69) is 38.0 Å². The second kappa shape index (κ2) is 9.32. The van der Waals surface area contributed by atoms with Crippen LogP contribution >= 0.6 is 11.3 Å². The van der Waals surface area contributed by atoms with Crippen LogP contribution in [0.4, 0.5) is 5.13 Å². The van der Waals surface area contributed by atoms with Gasteiger partial charge in [0.05, 0.1) is 5.69 Å². The molecule has 1 aromatic heterocycles. The molecule has 1 rings (SSSR count). The van der Waals surface area contributed by atoms with Crippen molar-refractivity contribution in [3.63, 3.8) is 0 Å². The lowest BCUT2D eigenvalue weighted by Crippen LogP contribution is -2.18. The molecule has 0 atom stereocenters. The zero-order chi connectivity index (χ0) is 14.1. The average Bonchev–Trinajstić information content (AvgIpc) is 2.82. The Morgan fingerprint density at radius 3 is 2.58 bits per heavy atom. The molecular weight excluding hydrogens is 254 g/mol. The standard InChI is InChI=1S/C15H29N3S/c1-5-8-9-11-18(4)15-17-13(7-3)14(19-15)12-16-10-6-2/h16H,5-12H2,1-4H3. The summed E-state index contributed by atoms with van der Waals surface area (Å²) in [5.41, 5.74) is 1.27. The molecule has 0 amide bonds. The van der Waals surface area contributed by atoms with Crippen LogP contribution in [0, 0.1) is 0 Å². The van der Waals surface area contributed by atoms with Crippen molar-refractivity contribution >= 4 is 16.5 Å². The van der Waals surface area contributed by atoms with Crippen molar-refractivity contribution < 1.29 is 0 Å². The van der Waals surface area contributed by atoms with Crippen LogP contribution in [-0.2, 0) is 13.0 Å². The maximum atomic E-state index is 4.79. The van der Waals surface area contributed by atoms with Gasteiger partial charge in [-0.05, 0) is 25.8 Å². The topological polar surface area (TPSA) is 28.2 Å². The van der Waals surface area contributed by atoms with Gasteiger partial charge in [-0.25, -0.2) is 4.98 Å². The van der Waals surface area contributed by atoms with Gasteiger partial charge in [-0.1, -0.05) is 33.6 Å². The van der Waals surface area contributed by atoms with E-state index in [1.807, 2.05) is 11.3 Å². The first-order valence-electron chi connectivity index (χ1n) is 7.63. The summed E-state index contributed by atoms with van der Waals surface area (Å²) in [5, 5.41) is 4.66. The monoisotopic (exact) mass is 283 g/mol. The van der Waals surface area contributed by atoms with Gasteiger partial charge in [-0.2, -0.15) is 0 Å². The normalized spacial score (nSPS) is 10.9. The summed E-state index contributed by atoms with van der Waals surface area (Å²) in [5.74, 6) is 0. The lowest BCUT2D eigenvalue weighted by Gasteiger charge is -2.14. The predicted octanol–water partition coefficient (Wildman–Crippen LogP) is 3.83. The summed E-state index contributed by atoms with van der Waals surface area (Å²) >= 11 is 1.85. The van der Waals surface area contributed by atoms with Gasteiger partial charge >= 0.3 is 0 Å². The Hall–Kier alpha value is -0.610. The Morgan fingerprint density at radius 2 is 1.95 bits per heavy atom. The number of unbranched alkanes of at least 4 members (excludes halogenated alkanes) is 2. The van der Waals surface area contributed by atoms with Crippen LogP contribution in [0.25, 0.3) is 0 Å². The highest BCUT2D eigenvalue weighted by Crippen LogP contribution is 2.26. The van der Waals surface area contributed by atoms with Crippen molar-refractivity contribution in [2.75, 3.05) is 25.0 Å². The maximum Gasteiger partial charge on any atom is 0.185 e. The molecule has 0 fully saturated rings. The number of hydrogen-bond acceptors (Lipinski definition) is 4. The lowest BCUT2D eigenvalue weighted by molar-refractivity contribution is 0.676. The summed E-state index contributed by atoms with van der Waals surface area (Å²) in [6.45, 7) is 9.81. The first kappa shape index (κ1) is 16.4. The van der Waals surface area contributed by atoms with Gasteiger partial charge in [0.25, 0.3) is 0 Å². The minimum atomic E-state index is 0.970. The molecule has 0 saturated heterocycles.